The minimum atomic E-state index is -0.549. The Bertz CT molecular complexity index is 388. The molecule has 3 N–H and O–H groups in total. The first-order valence-electron chi connectivity index (χ1n) is 5.02. The molecule has 1 unspecified atom stereocenters. The summed E-state index contributed by atoms with van der Waals surface area (Å²) in [6.07, 6.45) is 0.464. The zero-order valence-corrected chi connectivity index (χ0v) is 10.2. The lowest BCUT2D eigenvalue weighted by Gasteiger charge is -2.17. The van der Waals surface area contributed by atoms with E-state index in [1.165, 1.54) is 0 Å². The molecule has 17 heavy (non-hydrogen) atoms. The molecule has 0 bridgehead atoms. The molecule has 3 nitrogen and oxygen atoms in total. The summed E-state index contributed by atoms with van der Waals surface area (Å²) in [4.78, 5) is 11.1. The topological polar surface area (TPSA) is 55.1 Å². The summed E-state index contributed by atoms with van der Waals surface area (Å²) in [7, 11) is 0. The van der Waals surface area contributed by atoms with Crippen molar-refractivity contribution in [1.29, 1.82) is 0 Å². The molecule has 1 aromatic rings. The van der Waals surface area contributed by atoms with Gasteiger partial charge in [-0.25, -0.2) is 8.78 Å². The highest BCUT2D eigenvalue weighted by molar-refractivity contribution is 5.85. The number of hydrogen-bond donors (Lipinski definition) is 2. The number of halogens is 3. The lowest BCUT2D eigenvalue weighted by molar-refractivity contribution is -0.120. The van der Waals surface area contributed by atoms with Gasteiger partial charge in [0.25, 0.3) is 0 Å². The standard InChI is InChI=1S/C11H14F2N2O.ClH/c1-2-10(15-11(16)6-14)8-5-7(12)3-4-9(8)13;/h3-5,10H,2,6,14H2,1H3,(H,15,16);1H. The third-order valence-electron chi connectivity index (χ3n) is 2.26. The summed E-state index contributed by atoms with van der Waals surface area (Å²) in [6, 6.07) is 2.62. The summed E-state index contributed by atoms with van der Waals surface area (Å²) >= 11 is 0. The van der Waals surface area contributed by atoms with Gasteiger partial charge in [-0.15, -0.1) is 12.4 Å². The fraction of sp³-hybridized carbons (Fsp3) is 0.364. The van der Waals surface area contributed by atoms with Crippen molar-refractivity contribution in [2.24, 2.45) is 5.73 Å². The second-order valence-electron chi connectivity index (χ2n) is 3.40. The number of benzene rings is 1. The van der Waals surface area contributed by atoms with Crippen LogP contribution in [0.5, 0.6) is 0 Å². The van der Waals surface area contributed by atoms with Crippen LogP contribution >= 0.6 is 12.4 Å². The number of nitrogens with two attached hydrogens (primary N) is 1. The number of carbonyl (C=O) groups excluding carboxylic acids is 1. The van der Waals surface area contributed by atoms with Crippen molar-refractivity contribution in [3.63, 3.8) is 0 Å². The minimum absolute atomic E-state index is 0. The van der Waals surface area contributed by atoms with E-state index in [9.17, 15) is 13.6 Å². The largest absolute Gasteiger partial charge is 0.348 e. The maximum Gasteiger partial charge on any atom is 0.234 e. The zero-order chi connectivity index (χ0) is 12.1. The predicted octanol–water partition coefficient (Wildman–Crippen LogP) is 1.91. The third-order valence-corrected chi connectivity index (χ3v) is 2.26. The summed E-state index contributed by atoms with van der Waals surface area (Å²) in [5, 5.41) is 2.53. The van der Waals surface area contributed by atoms with Crippen molar-refractivity contribution in [3.8, 4) is 0 Å². The molecule has 0 aromatic heterocycles. The van der Waals surface area contributed by atoms with E-state index in [0.717, 1.165) is 18.2 Å². The molecule has 6 heteroatoms. The van der Waals surface area contributed by atoms with E-state index in [1.807, 2.05) is 0 Å². The van der Waals surface area contributed by atoms with Gasteiger partial charge in [-0.3, -0.25) is 4.79 Å². The van der Waals surface area contributed by atoms with Crippen LogP contribution in [0.2, 0.25) is 0 Å². The molecule has 1 aromatic carbocycles. The van der Waals surface area contributed by atoms with Crippen LogP contribution in [0, 0.1) is 11.6 Å². The third kappa shape index (κ3) is 4.28. The lowest BCUT2D eigenvalue weighted by Crippen LogP contribution is -2.33. The van der Waals surface area contributed by atoms with Crippen molar-refractivity contribution in [2.45, 2.75) is 19.4 Å². The van der Waals surface area contributed by atoms with E-state index < -0.39 is 23.6 Å². The molecule has 0 saturated carbocycles. The molecule has 0 aliphatic carbocycles. The van der Waals surface area contributed by atoms with Crippen LogP contribution < -0.4 is 11.1 Å². The van der Waals surface area contributed by atoms with Gasteiger partial charge in [-0.05, 0) is 24.6 Å². The average molecular weight is 265 g/mol. The average Bonchev–Trinajstić information content (AvgIpc) is 2.29. The van der Waals surface area contributed by atoms with Crippen LogP contribution in [0.4, 0.5) is 8.78 Å². The summed E-state index contributed by atoms with van der Waals surface area (Å²) < 4.78 is 26.4. The van der Waals surface area contributed by atoms with Gasteiger partial charge in [0, 0.05) is 5.56 Å². The summed E-state index contributed by atoms with van der Waals surface area (Å²) in [5.74, 6) is -1.46. The Labute approximate surface area is 105 Å². The Morgan fingerprint density at radius 3 is 2.65 bits per heavy atom. The molecule has 1 rings (SSSR count). The molecule has 1 atom stereocenters. The Morgan fingerprint density at radius 2 is 2.12 bits per heavy atom. The normalized spacial score (nSPS) is 11.5. The summed E-state index contributed by atoms with van der Waals surface area (Å²) in [6.45, 7) is 1.60. The Balaban J connectivity index is 0.00000256. The Hall–Kier alpha value is -1.20. The van der Waals surface area contributed by atoms with E-state index in [2.05, 4.69) is 5.32 Å². The van der Waals surface area contributed by atoms with E-state index >= 15 is 0 Å². The molecule has 0 aliphatic rings. The van der Waals surface area contributed by atoms with Crippen molar-refractivity contribution in [3.05, 3.63) is 35.4 Å². The molecule has 96 valence electrons. The zero-order valence-electron chi connectivity index (χ0n) is 9.37. The first-order valence-corrected chi connectivity index (χ1v) is 5.02. The monoisotopic (exact) mass is 264 g/mol. The summed E-state index contributed by atoms with van der Waals surface area (Å²) in [5.41, 5.74) is 5.28. The van der Waals surface area contributed by atoms with Crippen LogP contribution in [-0.4, -0.2) is 12.5 Å². The van der Waals surface area contributed by atoms with Crippen LogP contribution in [0.3, 0.4) is 0 Å². The van der Waals surface area contributed by atoms with E-state index in [1.54, 1.807) is 6.92 Å². The van der Waals surface area contributed by atoms with Gasteiger partial charge in [0.05, 0.1) is 12.6 Å². The predicted molar refractivity (Wildman–Crippen MR) is 63.8 cm³/mol. The fourth-order valence-electron chi connectivity index (χ4n) is 1.43. The molecular formula is C11H15ClF2N2O. The highest BCUT2D eigenvalue weighted by Crippen LogP contribution is 2.20. The molecule has 1 amide bonds. The lowest BCUT2D eigenvalue weighted by atomic mass is 10.0. The van der Waals surface area contributed by atoms with Crippen LogP contribution in [0.1, 0.15) is 24.9 Å². The van der Waals surface area contributed by atoms with Crippen LogP contribution in [0.25, 0.3) is 0 Å². The van der Waals surface area contributed by atoms with E-state index in [0.29, 0.717) is 6.42 Å². The number of nitrogens with one attached hydrogen (secondary N) is 1. The fourth-order valence-corrected chi connectivity index (χ4v) is 1.43. The number of rotatable bonds is 4. The van der Waals surface area contributed by atoms with Gasteiger partial charge in [-0.2, -0.15) is 0 Å². The molecule has 0 aliphatic heterocycles. The molecule has 0 radical (unpaired) electrons. The molecule has 0 fully saturated rings. The second kappa shape index (κ2) is 7.19. The van der Waals surface area contributed by atoms with Crippen molar-refractivity contribution >= 4 is 18.3 Å². The Morgan fingerprint density at radius 1 is 1.47 bits per heavy atom. The first kappa shape index (κ1) is 15.8. The Kier molecular flexibility index (Phi) is 6.68. The second-order valence-corrected chi connectivity index (χ2v) is 3.40. The number of hydrogen-bond acceptors (Lipinski definition) is 2. The van der Waals surface area contributed by atoms with Gasteiger partial charge in [-0.1, -0.05) is 6.92 Å². The highest BCUT2D eigenvalue weighted by Gasteiger charge is 2.16. The SMILES string of the molecule is CCC(NC(=O)CN)c1cc(F)ccc1F.Cl. The van der Waals surface area contributed by atoms with Crippen LogP contribution in [0.15, 0.2) is 18.2 Å². The van der Waals surface area contributed by atoms with Crippen molar-refractivity contribution in [1.82, 2.24) is 5.32 Å². The maximum atomic E-state index is 13.4. The van der Waals surface area contributed by atoms with Crippen molar-refractivity contribution < 1.29 is 13.6 Å². The quantitative estimate of drug-likeness (QED) is 0.873. The highest BCUT2D eigenvalue weighted by atomic mass is 35.5. The van der Waals surface area contributed by atoms with Gasteiger partial charge in [0.15, 0.2) is 0 Å². The van der Waals surface area contributed by atoms with Gasteiger partial charge in [0.2, 0.25) is 5.91 Å². The van der Waals surface area contributed by atoms with Gasteiger partial charge < -0.3 is 11.1 Å². The van der Waals surface area contributed by atoms with Crippen LogP contribution in [-0.2, 0) is 4.79 Å². The number of carbonyl (C=O) groups is 1. The van der Waals surface area contributed by atoms with Crippen molar-refractivity contribution in [2.75, 3.05) is 6.54 Å². The number of amides is 1. The maximum absolute atomic E-state index is 13.4. The van der Waals surface area contributed by atoms with Gasteiger partial charge in [0.1, 0.15) is 11.6 Å². The molecular weight excluding hydrogens is 250 g/mol. The smallest absolute Gasteiger partial charge is 0.234 e. The first-order chi connectivity index (χ1) is 7.58. The minimum Gasteiger partial charge on any atom is -0.348 e. The molecule has 0 spiro atoms. The van der Waals surface area contributed by atoms with Gasteiger partial charge >= 0.3 is 0 Å². The van der Waals surface area contributed by atoms with E-state index in [-0.39, 0.29) is 24.5 Å². The molecule has 0 saturated heterocycles. The molecule has 0 heterocycles. The van der Waals surface area contributed by atoms with E-state index in [4.69, 9.17) is 5.73 Å².